The summed E-state index contributed by atoms with van der Waals surface area (Å²) in [7, 11) is 0. The lowest BCUT2D eigenvalue weighted by Crippen LogP contribution is -2.18. The molecule has 0 radical (unpaired) electrons. The highest BCUT2D eigenvalue weighted by Gasteiger charge is 2.34. The minimum Gasteiger partial charge on any atom is -0.0651 e. The Hall–Kier alpha value is 0. The van der Waals surface area contributed by atoms with Gasteiger partial charge < -0.3 is 0 Å². The molecule has 0 nitrogen and oxygen atoms in total. The molecule has 1 fully saturated rings. The number of hydrogen-bond acceptors (Lipinski definition) is 0. The van der Waals surface area contributed by atoms with Crippen molar-refractivity contribution >= 4 is 0 Å². The third-order valence-electron chi connectivity index (χ3n) is 4.08. The van der Waals surface area contributed by atoms with Crippen molar-refractivity contribution in [2.24, 2.45) is 23.7 Å². The first kappa shape index (κ1) is 10.1. The molecule has 0 heterocycles. The van der Waals surface area contributed by atoms with E-state index in [4.69, 9.17) is 0 Å². The van der Waals surface area contributed by atoms with Crippen LogP contribution in [0.3, 0.4) is 0 Å². The molecule has 4 atom stereocenters. The molecule has 1 aliphatic rings. The molecule has 0 aromatic rings. The molecule has 1 saturated carbocycles. The standard InChI is InChI=1S/C12H24/c1-5-9(3)12-8-7-10(4)11(12)6-2/h9-12H,5-8H2,1-4H3. The monoisotopic (exact) mass is 168 g/mol. The summed E-state index contributed by atoms with van der Waals surface area (Å²) in [6, 6.07) is 0. The second kappa shape index (κ2) is 4.30. The maximum absolute atomic E-state index is 2.44. The Morgan fingerprint density at radius 3 is 2.42 bits per heavy atom. The molecule has 0 N–H and O–H groups in total. The van der Waals surface area contributed by atoms with Gasteiger partial charge in [-0.25, -0.2) is 0 Å². The van der Waals surface area contributed by atoms with Gasteiger partial charge in [-0.05, 0) is 30.1 Å². The van der Waals surface area contributed by atoms with E-state index >= 15 is 0 Å². The van der Waals surface area contributed by atoms with Crippen LogP contribution in [0.1, 0.15) is 53.4 Å². The Bertz CT molecular complexity index is 128. The summed E-state index contributed by atoms with van der Waals surface area (Å²) in [4.78, 5) is 0. The zero-order chi connectivity index (χ0) is 9.14. The molecule has 72 valence electrons. The van der Waals surface area contributed by atoms with E-state index in [1.54, 1.807) is 0 Å². The minimum absolute atomic E-state index is 0.958. The smallest absolute Gasteiger partial charge is 0.0358 e. The van der Waals surface area contributed by atoms with E-state index in [9.17, 15) is 0 Å². The highest BCUT2D eigenvalue weighted by atomic mass is 14.4. The van der Waals surface area contributed by atoms with Gasteiger partial charge in [-0.1, -0.05) is 47.0 Å². The second-order valence-corrected chi connectivity index (χ2v) is 4.68. The van der Waals surface area contributed by atoms with Gasteiger partial charge in [0.25, 0.3) is 0 Å². The average molecular weight is 168 g/mol. The van der Waals surface area contributed by atoms with Crippen LogP contribution in [0.15, 0.2) is 0 Å². The Balaban J connectivity index is 2.53. The third kappa shape index (κ3) is 1.84. The van der Waals surface area contributed by atoms with Crippen molar-refractivity contribution in [1.29, 1.82) is 0 Å². The van der Waals surface area contributed by atoms with E-state index in [1.165, 1.54) is 25.7 Å². The van der Waals surface area contributed by atoms with Crippen LogP contribution in [0.25, 0.3) is 0 Å². The van der Waals surface area contributed by atoms with E-state index in [1.807, 2.05) is 0 Å². The molecule has 0 aromatic heterocycles. The molecule has 0 aromatic carbocycles. The number of hydrogen-bond donors (Lipinski definition) is 0. The summed E-state index contributed by atoms with van der Waals surface area (Å²) in [5.74, 6) is 4.02. The molecule has 0 saturated heterocycles. The van der Waals surface area contributed by atoms with Crippen molar-refractivity contribution < 1.29 is 0 Å². The van der Waals surface area contributed by atoms with E-state index in [2.05, 4.69) is 27.7 Å². The van der Waals surface area contributed by atoms with E-state index in [0.717, 1.165) is 23.7 Å². The predicted octanol–water partition coefficient (Wildman–Crippen LogP) is 4.10. The lowest BCUT2D eigenvalue weighted by Gasteiger charge is -2.26. The van der Waals surface area contributed by atoms with Gasteiger partial charge in [-0.2, -0.15) is 0 Å². The lowest BCUT2D eigenvalue weighted by atomic mass is 9.80. The molecule has 1 rings (SSSR count). The summed E-state index contributed by atoms with van der Waals surface area (Å²) >= 11 is 0. The maximum atomic E-state index is 2.44. The quantitative estimate of drug-likeness (QED) is 0.595. The largest absolute Gasteiger partial charge is 0.0651 e. The topological polar surface area (TPSA) is 0 Å². The van der Waals surface area contributed by atoms with Gasteiger partial charge in [0.15, 0.2) is 0 Å². The van der Waals surface area contributed by atoms with Crippen LogP contribution < -0.4 is 0 Å². The number of rotatable bonds is 3. The second-order valence-electron chi connectivity index (χ2n) is 4.68. The first-order valence-corrected chi connectivity index (χ1v) is 5.70. The van der Waals surface area contributed by atoms with Gasteiger partial charge in [0.05, 0.1) is 0 Å². The van der Waals surface area contributed by atoms with Gasteiger partial charge in [-0.15, -0.1) is 0 Å². The molecular formula is C12H24. The van der Waals surface area contributed by atoms with Gasteiger partial charge in [0.2, 0.25) is 0 Å². The van der Waals surface area contributed by atoms with Gasteiger partial charge in [0.1, 0.15) is 0 Å². The predicted molar refractivity (Wildman–Crippen MR) is 55.1 cm³/mol. The van der Waals surface area contributed by atoms with Crippen LogP contribution in [0.5, 0.6) is 0 Å². The zero-order valence-corrected chi connectivity index (χ0v) is 9.14. The van der Waals surface area contributed by atoms with Crippen molar-refractivity contribution in [3.63, 3.8) is 0 Å². The summed E-state index contributed by atoms with van der Waals surface area (Å²) in [5, 5.41) is 0. The molecule has 12 heavy (non-hydrogen) atoms. The molecule has 0 aliphatic heterocycles. The zero-order valence-electron chi connectivity index (χ0n) is 9.14. The average Bonchev–Trinajstić information content (AvgIpc) is 2.45. The third-order valence-corrected chi connectivity index (χ3v) is 4.08. The summed E-state index contributed by atoms with van der Waals surface area (Å²) < 4.78 is 0. The fraction of sp³-hybridized carbons (Fsp3) is 1.00. The molecule has 1 aliphatic carbocycles. The molecule has 0 spiro atoms. The van der Waals surface area contributed by atoms with E-state index in [-0.39, 0.29) is 0 Å². The molecular weight excluding hydrogens is 144 g/mol. The Morgan fingerprint density at radius 2 is 1.92 bits per heavy atom. The molecule has 0 heteroatoms. The van der Waals surface area contributed by atoms with Crippen molar-refractivity contribution in [3.05, 3.63) is 0 Å². The Morgan fingerprint density at radius 1 is 1.25 bits per heavy atom. The van der Waals surface area contributed by atoms with Gasteiger partial charge in [-0.3, -0.25) is 0 Å². The summed E-state index contributed by atoms with van der Waals surface area (Å²) in [5.41, 5.74) is 0. The van der Waals surface area contributed by atoms with Crippen molar-refractivity contribution in [1.82, 2.24) is 0 Å². The van der Waals surface area contributed by atoms with Gasteiger partial charge in [0, 0.05) is 0 Å². The summed E-state index contributed by atoms with van der Waals surface area (Å²) in [6.45, 7) is 9.57. The van der Waals surface area contributed by atoms with E-state index < -0.39 is 0 Å². The van der Waals surface area contributed by atoms with Crippen LogP contribution >= 0.6 is 0 Å². The Kier molecular flexibility index (Phi) is 3.61. The lowest BCUT2D eigenvalue weighted by molar-refractivity contribution is 0.236. The van der Waals surface area contributed by atoms with Crippen LogP contribution in [0, 0.1) is 23.7 Å². The summed E-state index contributed by atoms with van der Waals surface area (Å²) in [6.07, 6.45) is 5.74. The van der Waals surface area contributed by atoms with Crippen LogP contribution in [0.4, 0.5) is 0 Å². The Labute approximate surface area is 77.7 Å². The molecule has 0 amide bonds. The first-order chi connectivity index (χ1) is 5.70. The van der Waals surface area contributed by atoms with Crippen molar-refractivity contribution in [3.8, 4) is 0 Å². The minimum atomic E-state index is 0.958. The van der Waals surface area contributed by atoms with Crippen LogP contribution in [-0.4, -0.2) is 0 Å². The maximum Gasteiger partial charge on any atom is -0.0358 e. The fourth-order valence-electron chi connectivity index (χ4n) is 3.02. The van der Waals surface area contributed by atoms with Crippen LogP contribution in [-0.2, 0) is 0 Å². The molecule has 0 bridgehead atoms. The van der Waals surface area contributed by atoms with Crippen molar-refractivity contribution in [2.75, 3.05) is 0 Å². The fourth-order valence-corrected chi connectivity index (χ4v) is 3.02. The van der Waals surface area contributed by atoms with Crippen LogP contribution in [0.2, 0.25) is 0 Å². The normalized spacial score (nSPS) is 38.5. The SMILES string of the molecule is CCC(C)C1CCC(C)C1CC. The highest BCUT2D eigenvalue weighted by Crippen LogP contribution is 2.43. The van der Waals surface area contributed by atoms with Gasteiger partial charge >= 0.3 is 0 Å². The molecule has 4 unspecified atom stereocenters. The van der Waals surface area contributed by atoms with Crippen molar-refractivity contribution in [2.45, 2.75) is 53.4 Å². The van der Waals surface area contributed by atoms with E-state index in [0.29, 0.717) is 0 Å². The highest BCUT2D eigenvalue weighted by molar-refractivity contribution is 4.84. The first-order valence-electron chi connectivity index (χ1n) is 5.70.